The average Bonchev–Trinajstić information content (AvgIpc) is 3.00. The molecule has 0 bridgehead atoms. The fourth-order valence-corrected chi connectivity index (χ4v) is 4.07. The maximum absolute atomic E-state index is 10.0. The molecule has 3 unspecified atom stereocenters. The zero-order valence-electron chi connectivity index (χ0n) is 11.0. The first-order valence-corrected chi connectivity index (χ1v) is 7.60. The monoisotopic (exact) mass is 339 g/mol. The van der Waals surface area contributed by atoms with Crippen molar-refractivity contribution in [1.29, 1.82) is 0 Å². The molecule has 5 nitrogen and oxygen atoms in total. The molecule has 2 fully saturated rings. The Morgan fingerprint density at radius 2 is 2.15 bits per heavy atom. The van der Waals surface area contributed by atoms with Crippen LogP contribution >= 0.6 is 15.9 Å². The van der Waals surface area contributed by atoms with Crippen molar-refractivity contribution < 1.29 is 10.3 Å². The molecule has 1 aliphatic carbocycles. The molecule has 1 saturated heterocycles. The third kappa shape index (κ3) is 2.16. The Kier molecular flexibility index (Phi) is 3.60. The number of benzene rings is 1. The molecule has 4 N–H and O–H groups in total. The summed E-state index contributed by atoms with van der Waals surface area (Å²) in [6.45, 7) is 1.75. The third-order valence-electron chi connectivity index (χ3n) is 4.52. The van der Waals surface area contributed by atoms with Gasteiger partial charge in [-0.3, -0.25) is 0 Å². The number of nitrogens with zero attached hydrogens (tertiary/aromatic N) is 2. The first-order valence-electron chi connectivity index (χ1n) is 6.81. The van der Waals surface area contributed by atoms with Gasteiger partial charge in [-0.2, -0.15) is 0 Å². The fraction of sp³-hybridized carbons (Fsp3) is 0.500. The number of fused-ring (bicyclic) bond motifs is 1. The van der Waals surface area contributed by atoms with Crippen LogP contribution in [0.4, 0.5) is 5.69 Å². The van der Waals surface area contributed by atoms with E-state index in [-0.39, 0.29) is 11.9 Å². The van der Waals surface area contributed by atoms with Gasteiger partial charge in [0.15, 0.2) is 5.84 Å². The van der Waals surface area contributed by atoms with Crippen LogP contribution in [0.3, 0.4) is 0 Å². The highest BCUT2D eigenvalue weighted by molar-refractivity contribution is 9.10. The van der Waals surface area contributed by atoms with Gasteiger partial charge in [0.2, 0.25) is 0 Å². The molecule has 108 valence electrons. The second-order valence-corrected chi connectivity index (χ2v) is 6.45. The van der Waals surface area contributed by atoms with Crippen LogP contribution in [0.2, 0.25) is 0 Å². The molecule has 0 amide bonds. The molecule has 2 aliphatic rings. The number of rotatable bonds is 2. The van der Waals surface area contributed by atoms with Gasteiger partial charge in [0, 0.05) is 29.2 Å². The Labute approximate surface area is 126 Å². The lowest BCUT2D eigenvalue weighted by Gasteiger charge is -2.23. The van der Waals surface area contributed by atoms with Gasteiger partial charge in [-0.15, -0.1) is 0 Å². The molecule has 0 spiro atoms. The topological polar surface area (TPSA) is 82.1 Å². The van der Waals surface area contributed by atoms with Crippen molar-refractivity contribution in [3.8, 4) is 0 Å². The number of halogens is 1. The first kappa shape index (κ1) is 13.7. The normalized spacial score (nSPS) is 29.8. The quantitative estimate of drug-likeness (QED) is 0.332. The first-order chi connectivity index (χ1) is 9.61. The number of hydrogen-bond acceptors (Lipinski definition) is 4. The number of hydrogen-bond donors (Lipinski definition) is 3. The highest BCUT2D eigenvalue weighted by Gasteiger charge is 2.42. The number of nitrogens with two attached hydrogens (primary N) is 1. The van der Waals surface area contributed by atoms with Gasteiger partial charge in [-0.25, -0.2) is 0 Å². The van der Waals surface area contributed by atoms with Crippen molar-refractivity contribution in [2.75, 3.05) is 18.0 Å². The van der Waals surface area contributed by atoms with Gasteiger partial charge >= 0.3 is 0 Å². The summed E-state index contributed by atoms with van der Waals surface area (Å²) in [6, 6.07) is 5.80. The third-order valence-corrected chi connectivity index (χ3v) is 5.18. The Bertz CT molecular complexity index is 549. The molecule has 3 rings (SSSR count). The number of aliphatic hydroxyl groups is 1. The van der Waals surface area contributed by atoms with Crippen molar-refractivity contribution in [3.05, 3.63) is 28.2 Å². The van der Waals surface area contributed by atoms with E-state index in [9.17, 15) is 5.11 Å². The van der Waals surface area contributed by atoms with Crippen LogP contribution in [0, 0.1) is 11.8 Å². The summed E-state index contributed by atoms with van der Waals surface area (Å²) < 4.78 is 0.808. The molecule has 1 aromatic carbocycles. The smallest absolute Gasteiger partial charge is 0.173 e. The van der Waals surface area contributed by atoms with Crippen molar-refractivity contribution in [2.24, 2.45) is 22.7 Å². The highest BCUT2D eigenvalue weighted by Crippen LogP contribution is 2.41. The molecule has 0 radical (unpaired) electrons. The van der Waals surface area contributed by atoms with E-state index in [2.05, 4.69) is 26.0 Å². The summed E-state index contributed by atoms with van der Waals surface area (Å²) in [6.07, 6.45) is 1.80. The second kappa shape index (κ2) is 5.26. The zero-order chi connectivity index (χ0) is 14.3. The van der Waals surface area contributed by atoms with Crippen LogP contribution in [0.15, 0.2) is 27.8 Å². The fourth-order valence-electron chi connectivity index (χ4n) is 3.51. The molecule has 1 heterocycles. The maximum atomic E-state index is 10.0. The van der Waals surface area contributed by atoms with Gasteiger partial charge in [-0.1, -0.05) is 11.2 Å². The van der Waals surface area contributed by atoms with Gasteiger partial charge in [-0.05, 0) is 46.8 Å². The minimum atomic E-state index is -0.190. The van der Waals surface area contributed by atoms with Crippen molar-refractivity contribution >= 4 is 27.5 Å². The zero-order valence-corrected chi connectivity index (χ0v) is 12.6. The van der Waals surface area contributed by atoms with E-state index in [1.54, 1.807) is 0 Å². The van der Waals surface area contributed by atoms with Crippen LogP contribution in [-0.4, -0.2) is 35.3 Å². The molecular formula is C14H18BrN3O2. The number of oxime groups is 1. The van der Waals surface area contributed by atoms with Gasteiger partial charge < -0.3 is 20.9 Å². The number of aliphatic hydroxyl groups excluding tert-OH is 1. The molecule has 1 aliphatic heterocycles. The van der Waals surface area contributed by atoms with E-state index in [1.807, 2.05) is 18.2 Å². The lowest BCUT2D eigenvalue weighted by Crippen LogP contribution is -2.27. The molecule has 3 atom stereocenters. The molecule has 6 heteroatoms. The summed E-state index contributed by atoms with van der Waals surface area (Å²) >= 11 is 3.46. The van der Waals surface area contributed by atoms with Crippen LogP contribution < -0.4 is 10.6 Å². The Morgan fingerprint density at radius 3 is 2.85 bits per heavy atom. The standard InChI is InChI=1S/C14H18BrN3O2/c15-10-2-1-3-11(13(10)14(16)17-20)18-6-8-4-5-12(19)9(8)7-18/h1-3,8-9,12,19-20H,4-7H2,(H2,16,17). The maximum Gasteiger partial charge on any atom is 0.173 e. The number of amidine groups is 1. The average molecular weight is 340 g/mol. The minimum absolute atomic E-state index is 0.102. The van der Waals surface area contributed by atoms with Crippen molar-refractivity contribution in [1.82, 2.24) is 0 Å². The molecular weight excluding hydrogens is 322 g/mol. The molecule has 20 heavy (non-hydrogen) atoms. The van der Waals surface area contributed by atoms with E-state index in [1.165, 1.54) is 0 Å². The van der Waals surface area contributed by atoms with Gasteiger partial charge in [0.1, 0.15) is 0 Å². The van der Waals surface area contributed by atoms with Crippen LogP contribution in [0.25, 0.3) is 0 Å². The predicted molar refractivity (Wildman–Crippen MR) is 81.1 cm³/mol. The largest absolute Gasteiger partial charge is 0.409 e. The van der Waals surface area contributed by atoms with Crippen molar-refractivity contribution in [3.63, 3.8) is 0 Å². The van der Waals surface area contributed by atoms with E-state index in [0.717, 1.165) is 36.1 Å². The van der Waals surface area contributed by atoms with E-state index in [0.29, 0.717) is 17.4 Å². The van der Waals surface area contributed by atoms with E-state index >= 15 is 0 Å². The molecule has 1 saturated carbocycles. The van der Waals surface area contributed by atoms with Crippen LogP contribution in [0.1, 0.15) is 18.4 Å². The summed E-state index contributed by atoms with van der Waals surface area (Å²) in [5.74, 6) is 0.989. The lowest BCUT2D eigenvalue weighted by atomic mass is 10.00. The summed E-state index contributed by atoms with van der Waals surface area (Å²) in [4.78, 5) is 2.23. The minimum Gasteiger partial charge on any atom is -0.409 e. The van der Waals surface area contributed by atoms with Crippen molar-refractivity contribution in [2.45, 2.75) is 18.9 Å². The van der Waals surface area contributed by atoms with Gasteiger partial charge in [0.25, 0.3) is 0 Å². The Morgan fingerprint density at radius 1 is 1.35 bits per heavy atom. The second-order valence-electron chi connectivity index (χ2n) is 5.59. The highest BCUT2D eigenvalue weighted by atomic mass is 79.9. The van der Waals surface area contributed by atoms with E-state index in [4.69, 9.17) is 10.9 Å². The number of anilines is 1. The SMILES string of the molecule is N/C(=N/O)c1c(Br)cccc1N1CC2CCC(O)C2C1. The van der Waals surface area contributed by atoms with E-state index < -0.39 is 0 Å². The van der Waals surface area contributed by atoms with Gasteiger partial charge in [0.05, 0.1) is 11.7 Å². The molecule has 1 aromatic rings. The Balaban J connectivity index is 1.94. The predicted octanol–water partition coefficient (Wildman–Crippen LogP) is 1.75. The van der Waals surface area contributed by atoms with Crippen LogP contribution in [0.5, 0.6) is 0 Å². The lowest BCUT2D eigenvalue weighted by molar-refractivity contribution is 0.133. The Hall–Kier alpha value is -1.27. The molecule has 0 aromatic heterocycles. The summed E-state index contributed by atoms with van der Waals surface area (Å²) in [5.41, 5.74) is 7.47. The summed E-state index contributed by atoms with van der Waals surface area (Å²) in [7, 11) is 0. The van der Waals surface area contributed by atoms with Crippen LogP contribution in [-0.2, 0) is 0 Å². The summed E-state index contributed by atoms with van der Waals surface area (Å²) in [5, 5.41) is 22.1.